The fourth-order valence-corrected chi connectivity index (χ4v) is 3.21. The van der Waals surface area contributed by atoms with E-state index in [4.69, 9.17) is 26.4 Å². The molecular formula is C22H29N5O3. The summed E-state index contributed by atoms with van der Waals surface area (Å²) in [5.74, 6) is 5.17. The Kier molecular flexibility index (Phi) is 7.33. The van der Waals surface area contributed by atoms with Crippen molar-refractivity contribution in [2.45, 2.75) is 19.8 Å². The SMILES string of the molecule is C#Cc1cc(Oc2cnc(NCCN3CCOCC3)nc2N)c(C(C)C)cc1OC. The smallest absolute Gasteiger partial charge is 0.224 e. The minimum atomic E-state index is 0.198. The van der Waals surface area contributed by atoms with Crippen LogP contribution in [0.3, 0.4) is 0 Å². The second-order valence-corrected chi connectivity index (χ2v) is 7.32. The minimum Gasteiger partial charge on any atom is -0.495 e. The number of nitrogens with zero attached hydrogens (tertiary/aromatic N) is 3. The molecule has 0 aliphatic carbocycles. The summed E-state index contributed by atoms with van der Waals surface area (Å²) in [6, 6.07) is 3.68. The first-order valence-corrected chi connectivity index (χ1v) is 10.0. The van der Waals surface area contributed by atoms with Crippen LogP contribution >= 0.6 is 0 Å². The Bertz CT molecular complexity index is 904. The van der Waals surface area contributed by atoms with Gasteiger partial charge in [0, 0.05) is 37.8 Å². The number of morpholine rings is 1. The van der Waals surface area contributed by atoms with E-state index >= 15 is 0 Å². The van der Waals surface area contributed by atoms with Gasteiger partial charge >= 0.3 is 0 Å². The molecule has 2 aromatic rings. The number of hydrogen-bond acceptors (Lipinski definition) is 8. The van der Waals surface area contributed by atoms with E-state index in [-0.39, 0.29) is 11.7 Å². The Balaban J connectivity index is 1.70. The number of nitrogen functional groups attached to an aromatic ring is 1. The molecule has 30 heavy (non-hydrogen) atoms. The lowest BCUT2D eigenvalue weighted by Crippen LogP contribution is -2.39. The number of anilines is 2. The van der Waals surface area contributed by atoms with Crippen LogP contribution in [0.5, 0.6) is 17.2 Å². The Hall–Kier alpha value is -3.02. The molecule has 0 bridgehead atoms. The van der Waals surface area contributed by atoms with E-state index in [1.807, 2.05) is 6.07 Å². The lowest BCUT2D eigenvalue weighted by molar-refractivity contribution is 0.0398. The van der Waals surface area contributed by atoms with Crippen molar-refractivity contribution >= 4 is 11.8 Å². The van der Waals surface area contributed by atoms with Gasteiger partial charge in [0.25, 0.3) is 0 Å². The summed E-state index contributed by atoms with van der Waals surface area (Å²) in [4.78, 5) is 11.0. The first-order valence-electron chi connectivity index (χ1n) is 10.0. The van der Waals surface area contributed by atoms with Gasteiger partial charge in [-0.15, -0.1) is 6.42 Å². The lowest BCUT2D eigenvalue weighted by atomic mass is 9.99. The van der Waals surface area contributed by atoms with Gasteiger partial charge in [-0.05, 0) is 12.0 Å². The highest BCUT2D eigenvalue weighted by atomic mass is 16.5. The molecule has 8 nitrogen and oxygen atoms in total. The van der Waals surface area contributed by atoms with Crippen LogP contribution in [0.25, 0.3) is 0 Å². The van der Waals surface area contributed by atoms with Gasteiger partial charge < -0.3 is 25.3 Å². The standard InChI is InChI=1S/C22H29N5O3/c1-5-16-12-19(17(15(2)3)13-18(16)28-4)30-20-14-25-22(26-21(20)23)24-6-7-27-8-10-29-11-9-27/h1,12-15H,6-11H2,2-4H3,(H3,23,24,25,26). The summed E-state index contributed by atoms with van der Waals surface area (Å²) in [7, 11) is 1.59. The molecule has 160 valence electrons. The number of rotatable bonds is 8. The molecule has 0 amide bonds. The van der Waals surface area contributed by atoms with E-state index in [1.165, 1.54) is 0 Å². The van der Waals surface area contributed by atoms with Gasteiger partial charge in [-0.25, -0.2) is 4.98 Å². The largest absolute Gasteiger partial charge is 0.495 e. The molecule has 1 aliphatic heterocycles. The minimum absolute atomic E-state index is 0.198. The zero-order valence-corrected chi connectivity index (χ0v) is 17.8. The molecule has 1 saturated heterocycles. The molecule has 2 heterocycles. The second kappa shape index (κ2) is 10.1. The molecule has 1 aliphatic rings. The van der Waals surface area contributed by atoms with Crippen LogP contribution in [0.4, 0.5) is 11.8 Å². The van der Waals surface area contributed by atoms with Crippen LogP contribution < -0.4 is 20.5 Å². The quantitative estimate of drug-likeness (QED) is 0.641. The fourth-order valence-electron chi connectivity index (χ4n) is 3.21. The molecule has 3 rings (SSSR count). The number of hydrogen-bond donors (Lipinski definition) is 2. The van der Waals surface area contributed by atoms with Gasteiger partial charge in [0.2, 0.25) is 5.95 Å². The first-order chi connectivity index (χ1) is 14.5. The van der Waals surface area contributed by atoms with Crippen LogP contribution in [-0.2, 0) is 4.74 Å². The normalized spacial score (nSPS) is 14.4. The van der Waals surface area contributed by atoms with Crippen molar-refractivity contribution in [3.8, 4) is 29.6 Å². The van der Waals surface area contributed by atoms with Crippen molar-refractivity contribution in [1.29, 1.82) is 0 Å². The number of aromatic nitrogens is 2. The molecule has 3 N–H and O–H groups in total. The van der Waals surface area contributed by atoms with Crippen molar-refractivity contribution in [1.82, 2.24) is 14.9 Å². The van der Waals surface area contributed by atoms with Gasteiger partial charge in [-0.1, -0.05) is 19.8 Å². The van der Waals surface area contributed by atoms with E-state index in [2.05, 4.69) is 40.0 Å². The summed E-state index contributed by atoms with van der Waals surface area (Å²) in [6.45, 7) is 9.19. The fraction of sp³-hybridized carbons (Fsp3) is 0.455. The zero-order valence-electron chi connectivity index (χ0n) is 17.8. The molecule has 8 heteroatoms. The molecule has 1 aromatic heterocycles. The molecule has 0 radical (unpaired) electrons. The maximum absolute atomic E-state index is 6.13. The van der Waals surface area contributed by atoms with Crippen molar-refractivity contribution in [2.24, 2.45) is 0 Å². The monoisotopic (exact) mass is 411 g/mol. The van der Waals surface area contributed by atoms with Gasteiger partial charge in [-0.3, -0.25) is 4.90 Å². The molecular weight excluding hydrogens is 382 g/mol. The molecule has 0 spiro atoms. The lowest BCUT2D eigenvalue weighted by Gasteiger charge is -2.26. The van der Waals surface area contributed by atoms with Crippen LogP contribution in [0.1, 0.15) is 30.9 Å². The first kappa shape index (κ1) is 21.7. The molecule has 0 atom stereocenters. The van der Waals surface area contributed by atoms with Crippen molar-refractivity contribution in [3.05, 3.63) is 29.5 Å². The van der Waals surface area contributed by atoms with E-state index in [1.54, 1.807) is 19.4 Å². The predicted octanol–water partition coefficient (Wildman–Crippen LogP) is 2.71. The van der Waals surface area contributed by atoms with Crippen LogP contribution in [0, 0.1) is 12.3 Å². The molecule has 0 saturated carbocycles. The molecule has 0 unspecified atom stereocenters. The Morgan fingerprint density at radius 1 is 1.27 bits per heavy atom. The van der Waals surface area contributed by atoms with Crippen LogP contribution in [-0.4, -0.2) is 61.4 Å². The maximum atomic E-state index is 6.13. The number of ether oxygens (including phenoxy) is 3. The summed E-state index contributed by atoms with van der Waals surface area (Å²) in [6.07, 6.45) is 7.18. The molecule has 1 aromatic carbocycles. The van der Waals surface area contributed by atoms with Gasteiger partial charge in [0.1, 0.15) is 11.5 Å². The average molecular weight is 412 g/mol. The van der Waals surface area contributed by atoms with Crippen LogP contribution in [0.2, 0.25) is 0 Å². The Labute approximate surface area is 177 Å². The van der Waals surface area contributed by atoms with Gasteiger partial charge in [0.05, 0.1) is 32.1 Å². The van der Waals surface area contributed by atoms with Crippen molar-refractivity contribution < 1.29 is 14.2 Å². The number of nitrogens with two attached hydrogens (primary N) is 1. The highest BCUT2D eigenvalue weighted by Gasteiger charge is 2.16. The second-order valence-electron chi connectivity index (χ2n) is 7.32. The van der Waals surface area contributed by atoms with E-state index in [0.29, 0.717) is 28.8 Å². The topological polar surface area (TPSA) is 94.8 Å². The number of terminal acetylenes is 1. The third-order valence-electron chi connectivity index (χ3n) is 4.93. The number of methoxy groups -OCH3 is 1. The van der Waals surface area contributed by atoms with Crippen molar-refractivity contribution in [2.75, 3.05) is 57.6 Å². The summed E-state index contributed by atoms with van der Waals surface area (Å²) in [5, 5.41) is 3.20. The van der Waals surface area contributed by atoms with Gasteiger partial charge in [0.15, 0.2) is 11.6 Å². The summed E-state index contributed by atoms with van der Waals surface area (Å²) < 4.78 is 16.8. The highest BCUT2D eigenvalue weighted by Crippen LogP contribution is 2.37. The molecule has 1 fully saturated rings. The third-order valence-corrected chi connectivity index (χ3v) is 4.93. The highest BCUT2D eigenvalue weighted by molar-refractivity contribution is 5.57. The average Bonchev–Trinajstić information content (AvgIpc) is 2.75. The maximum Gasteiger partial charge on any atom is 0.224 e. The number of benzene rings is 1. The zero-order chi connectivity index (χ0) is 21.5. The third kappa shape index (κ3) is 5.32. The van der Waals surface area contributed by atoms with Crippen molar-refractivity contribution in [3.63, 3.8) is 0 Å². The Morgan fingerprint density at radius 3 is 2.67 bits per heavy atom. The van der Waals surface area contributed by atoms with Crippen LogP contribution in [0.15, 0.2) is 18.3 Å². The van der Waals surface area contributed by atoms with Gasteiger partial charge in [-0.2, -0.15) is 4.98 Å². The number of nitrogens with one attached hydrogen (secondary N) is 1. The summed E-state index contributed by atoms with van der Waals surface area (Å²) >= 11 is 0. The summed E-state index contributed by atoms with van der Waals surface area (Å²) in [5.41, 5.74) is 7.69. The van der Waals surface area contributed by atoms with E-state index in [0.717, 1.165) is 45.0 Å². The van der Waals surface area contributed by atoms with E-state index in [9.17, 15) is 0 Å². The predicted molar refractivity (Wildman–Crippen MR) is 117 cm³/mol. The van der Waals surface area contributed by atoms with E-state index < -0.39 is 0 Å². The Morgan fingerprint density at radius 2 is 2.03 bits per heavy atom.